The number of rotatable bonds is 3. The molecule has 1 aromatic carbocycles. The minimum atomic E-state index is -3.76. The third kappa shape index (κ3) is 2.82. The van der Waals surface area contributed by atoms with Gasteiger partial charge in [0.25, 0.3) is 0 Å². The molecule has 21 heavy (non-hydrogen) atoms. The van der Waals surface area contributed by atoms with Gasteiger partial charge < -0.3 is 5.32 Å². The van der Waals surface area contributed by atoms with Gasteiger partial charge in [0.15, 0.2) is 0 Å². The molecule has 0 spiro atoms. The topological polar surface area (TPSA) is 89.3 Å². The number of hydrogen-bond donors (Lipinski definition) is 2. The van der Waals surface area contributed by atoms with Crippen molar-refractivity contribution in [2.24, 2.45) is 22.9 Å². The molecule has 114 valence electrons. The lowest BCUT2D eigenvalue weighted by Crippen LogP contribution is -2.27. The summed E-state index contributed by atoms with van der Waals surface area (Å²) in [6, 6.07) is 4.56. The van der Waals surface area contributed by atoms with E-state index in [1.54, 1.807) is 6.07 Å². The number of aryl methyl sites for hydroxylation is 1. The molecule has 0 unspecified atom stereocenters. The molecule has 2 fully saturated rings. The molecule has 5 nitrogen and oxygen atoms in total. The molecule has 3 rings (SSSR count). The molecule has 0 aromatic heterocycles. The molecule has 1 amide bonds. The van der Waals surface area contributed by atoms with Gasteiger partial charge in [-0.3, -0.25) is 4.79 Å². The second kappa shape index (κ2) is 5.10. The van der Waals surface area contributed by atoms with Gasteiger partial charge in [0.2, 0.25) is 15.9 Å². The summed E-state index contributed by atoms with van der Waals surface area (Å²) in [7, 11) is -3.76. The Hall–Kier alpha value is -1.40. The van der Waals surface area contributed by atoms with E-state index in [0.29, 0.717) is 17.5 Å². The van der Waals surface area contributed by atoms with Crippen LogP contribution in [0.25, 0.3) is 0 Å². The van der Waals surface area contributed by atoms with Gasteiger partial charge in [-0.2, -0.15) is 0 Å². The van der Waals surface area contributed by atoms with E-state index in [1.807, 2.05) is 6.92 Å². The predicted octanol–water partition coefficient (Wildman–Crippen LogP) is 2.02. The number of benzene rings is 1. The number of carbonyl (C=O) groups excluding carboxylic acids is 1. The molecule has 0 aliphatic heterocycles. The number of fused-ring (bicyclic) bond motifs is 2. The zero-order valence-electron chi connectivity index (χ0n) is 12.0. The summed E-state index contributed by atoms with van der Waals surface area (Å²) < 4.78 is 22.8. The van der Waals surface area contributed by atoms with Crippen molar-refractivity contribution >= 4 is 21.6 Å². The van der Waals surface area contributed by atoms with Crippen LogP contribution >= 0.6 is 0 Å². The van der Waals surface area contributed by atoms with Crippen molar-refractivity contribution in [3.05, 3.63) is 23.8 Å². The highest BCUT2D eigenvalue weighted by Crippen LogP contribution is 2.48. The first-order valence-electron chi connectivity index (χ1n) is 7.29. The van der Waals surface area contributed by atoms with Crippen molar-refractivity contribution in [1.82, 2.24) is 0 Å². The van der Waals surface area contributed by atoms with E-state index in [9.17, 15) is 13.2 Å². The Balaban J connectivity index is 1.80. The first-order chi connectivity index (χ1) is 9.84. The second-order valence-corrected chi connectivity index (χ2v) is 7.85. The molecule has 3 N–H and O–H groups in total. The van der Waals surface area contributed by atoms with E-state index in [1.165, 1.54) is 18.6 Å². The molecule has 2 bridgehead atoms. The third-order valence-corrected chi connectivity index (χ3v) is 5.78. The lowest BCUT2D eigenvalue weighted by atomic mass is 9.88. The molecule has 0 saturated heterocycles. The van der Waals surface area contributed by atoms with Crippen LogP contribution in [0.3, 0.4) is 0 Å². The van der Waals surface area contributed by atoms with Gasteiger partial charge in [-0.05, 0) is 55.7 Å². The van der Waals surface area contributed by atoms with Crippen molar-refractivity contribution in [2.75, 3.05) is 5.32 Å². The van der Waals surface area contributed by atoms with Crippen LogP contribution in [0.4, 0.5) is 5.69 Å². The summed E-state index contributed by atoms with van der Waals surface area (Å²) in [6.45, 7) is 1.84. The molecular formula is C15H20N2O3S. The Morgan fingerprint density at radius 3 is 2.62 bits per heavy atom. The number of sulfonamides is 1. The van der Waals surface area contributed by atoms with Crippen LogP contribution in [0.15, 0.2) is 23.1 Å². The normalized spacial score (nSPS) is 27.8. The summed E-state index contributed by atoms with van der Waals surface area (Å²) in [4.78, 5) is 12.5. The van der Waals surface area contributed by atoms with Gasteiger partial charge in [0.1, 0.15) is 0 Å². The Labute approximate surface area is 125 Å². The lowest BCUT2D eigenvalue weighted by molar-refractivity contribution is -0.121. The quantitative estimate of drug-likeness (QED) is 0.895. The van der Waals surface area contributed by atoms with Crippen LogP contribution in [0, 0.1) is 24.7 Å². The molecule has 2 aliphatic rings. The summed E-state index contributed by atoms with van der Waals surface area (Å²) in [5.74, 6) is 1.28. The molecule has 3 atom stereocenters. The molecule has 1 aromatic rings. The number of nitrogens with two attached hydrogens (primary N) is 1. The van der Waals surface area contributed by atoms with Gasteiger partial charge in [-0.15, -0.1) is 0 Å². The number of hydrogen-bond acceptors (Lipinski definition) is 3. The first kappa shape index (κ1) is 14.5. The van der Waals surface area contributed by atoms with E-state index in [4.69, 9.17) is 5.14 Å². The molecule has 2 saturated carbocycles. The fraction of sp³-hybridized carbons (Fsp3) is 0.533. The summed E-state index contributed by atoms with van der Waals surface area (Å²) in [5, 5.41) is 8.03. The average Bonchev–Trinajstić information content (AvgIpc) is 3.02. The van der Waals surface area contributed by atoms with Gasteiger partial charge in [0.05, 0.1) is 4.90 Å². The van der Waals surface area contributed by atoms with Crippen molar-refractivity contribution in [2.45, 2.75) is 37.5 Å². The van der Waals surface area contributed by atoms with Gasteiger partial charge in [-0.1, -0.05) is 12.5 Å². The second-order valence-electron chi connectivity index (χ2n) is 6.29. The third-order valence-electron chi connectivity index (χ3n) is 4.87. The molecular weight excluding hydrogens is 288 g/mol. The maximum absolute atomic E-state index is 12.4. The number of primary sulfonamides is 1. The highest BCUT2D eigenvalue weighted by Gasteiger charge is 2.43. The molecule has 2 aliphatic carbocycles. The number of anilines is 1. The highest BCUT2D eigenvalue weighted by molar-refractivity contribution is 7.89. The van der Waals surface area contributed by atoms with Crippen molar-refractivity contribution in [3.63, 3.8) is 0 Å². The maximum atomic E-state index is 12.4. The van der Waals surface area contributed by atoms with Crippen LogP contribution in [0.2, 0.25) is 0 Å². The van der Waals surface area contributed by atoms with E-state index in [-0.39, 0.29) is 16.7 Å². The minimum absolute atomic E-state index is 0.0110. The molecule has 0 radical (unpaired) electrons. The monoisotopic (exact) mass is 308 g/mol. The lowest BCUT2D eigenvalue weighted by Gasteiger charge is -2.21. The van der Waals surface area contributed by atoms with E-state index in [2.05, 4.69) is 5.32 Å². The first-order valence-corrected chi connectivity index (χ1v) is 8.83. The van der Waals surface area contributed by atoms with Gasteiger partial charge >= 0.3 is 0 Å². The highest BCUT2D eigenvalue weighted by atomic mass is 32.2. The smallest absolute Gasteiger partial charge is 0.238 e. The average molecular weight is 308 g/mol. The Morgan fingerprint density at radius 2 is 2.05 bits per heavy atom. The molecule has 0 heterocycles. The van der Waals surface area contributed by atoms with Gasteiger partial charge in [0, 0.05) is 11.6 Å². The zero-order valence-corrected chi connectivity index (χ0v) is 12.8. The number of amides is 1. The fourth-order valence-corrected chi connectivity index (χ4v) is 4.24. The standard InChI is InChI=1S/C15H20N2O3S/c1-9-2-5-12(21(16,19)20)8-14(9)17-15(18)13-7-10-3-4-11(13)6-10/h2,5,8,10-11,13H,3-4,6-7H2,1H3,(H,17,18)(H2,16,19,20)/t10-,11-,13-/m1/s1. The summed E-state index contributed by atoms with van der Waals surface area (Å²) in [6.07, 6.45) is 4.51. The van der Waals surface area contributed by atoms with Crippen LogP contribution in [0.1, 0.15) is 31.2 Å². The number of nitrogens with one attached hydrogen (secondary N) is 1. The Morgan fingerprint density at radius 1 is 1.29 bits per heavy atom. The Bertz CT molecular complexity index is 684. The fourth-order valence-electron chi connectivity index (χ4n) is 3.70. The van der Waals surface area contributed by atoms with E-state index >= 15 is 0 Å². The van der Waals surface area contributed by atoms with E-state index < -0.39 is 10.0 Å². The van der Waals surface area contributed by atoms with Crippen molar-refractivity contribution < 1.29 is 13.2 Å². The minimum Gasteiger partial charge on any atom is -0.326 e. The van der Waals surface area contributed by atoms with Crippen LogP contribution in [0.5, 0.6) is 0 Å². The zero-order chi connectivity index (χ0) is 15.2. The maximum Gasteiger partial charge on any atom is 0.238 e. The van der Waals surface area contributed by atoms with Crippen LogP contribution in [-0.2, 0) is 14.8 Å². The van der Waals surface area contributed by atoms with Crippen LogP contribution in [-0.4, -0.2) is 14.3 Å². The van der Waals surface area contributed by atoms with Crippen molar-refractivity contribution in [1.29, 1.82) is 0 Å². The number of carbonyl (C=O) groups is 1. The summed E-state index contributed by atoms with van der Waals surface area (Å²) >= 11 is 0. The Kier molecular flexibility index (Phi) is 3.53. The predicted molar refractivity (Wildman–Crippen MR) is 80.1 cm³/mol. The summed E-state index contributed by atoms with van der Waals surface area (Å²) in [5.41, 5.74) is 1.37. The molecule has 6 heteroatoms. The van der Waals surface area contributed by atoms with E-state index in [0.717, 1.165) is 24.8 Å². The van der Waals surface area contributed by atoms with Gasteiger partial charge in [-0.25, -0.2) is 13.6 Å². The van der Waals surface area contributed by atoms with Crippen LogP contribution < -0.4 is 10.5 Å². The SMILES string of the molecule is Cc1ccc(S(N)(=O)=O)cc1NC(=O)[C@@H]1C[C@@H]2CC[C@@H]1C2. The largest absolute Gasteiger partial charge is 0.326 e. The van der Waals surface area contributed by atoms with Crippen molar-refractivity contribution in [3.8, 4) is 0 Å².